The monoisotopic (exact) mass is 405 g/mol. The molecule has 0 aliphatic carbocycles. The third kappa shape index (κ3) is 5.43. The van der Waals surface area contributed by atoms with Crippen LogP contribution in [0.4, 0.5) is 17.1 Å². The smallest absolute Gasteiger partial charge is 0.279 e. The molecule has 0 heterocycles. The molecule has 0 aliphatic heterocycles. The number of hydrogen-bond donors (Lipinski definition) is 3. The fourth-order valence-corrected chi connectivity index (χ4v) is 2.53. The van der Waals surface area contributed by atoms with Crippen LogP contribution in [0.3, 0.4) is 0 Å². The van der Waals surface area contributed by atoms with Crippen molar-refractivity contribution in [1.29, 1.82) is 0 Å². The van der Waals surface area contributed by atoms with Crippen LogP contribution in [-0.4, -0.2) is 30.7 Å². The highest BCUT2D eigenvalue weighted by atomic mass is 32.2. The number of nitro groups is 1. The van der Waals surface area contributed by atoms with Gasteiger partial charge in [0.05, 0.1) is 15.5 Å². The lowest BCUT2D eigenvalue weighted by Gasteiger charge is -2.07. The standard InChI is InChI=1S/C16H15N5O6S/c1-10(22)15(16(23)18-12-3-2-4-13(9-12)21(24)25)20-19-11-5-7-14(8-6-11)28(17,26)27/h2-9,19H,1H3,(H,18,23)(H2,17,26,27)/b20-15-. The van der Waals surface area contributed by atoms with Gasteiger partial charge in [-0.1, -0.05) is 6.07 Å². The maximum Gasteiger partial charge on any atom is 0.279 e. The summed E-state index contributed by atoms with van der Waals surface area (Å²) >= 11 is 0. The summed E-state index contributed by atoms with van der Waals surface area (Å²) in [6.07, 6.45) is 0. The SMILES string of the molecule is CC(=O)/C(=N/Nc1ccc(S(N)(=O)=O)cc1)C(=O)Nc1cccc([N+](=O)[O-])c1. The van der Waals surface area contributed by atoms with E-state index in [0.29, 0.717) is 5.69 Å². The van der Waals surface area contributed by atoms with Crippen LogP contribution < -0.4 is 15.9 Å². The first-order valence-electron chi connectivity index (χ1n) is 7.61. The number of nitrogens with zero attached hydrogens (tertiary/aromatic N) is 2. The van der Waals surface area contributed by atoms with Crippen molar-refractivity contribution in [3.05, 3.63) is 58.6 Å². The van der Waals surface area contributed by atoms with Crippen molar-refractivity contribution in [2.24, 2.45) is 10.2 Å². The Bertz CT molecular complexity index is 1060. The normalized spacial score (nSPS) is 11.6. The third-order valence-corrected chi connectivity index (χ3v) is 4.27. The van der Waals surface area contributed by atoms with Gasteiger partial charge in [-0.3, -0.25) is 25.1 Å². The number of hydrazone groups is 1. The Morgan fingerprint density at radius 1 is 1.11 bits per heavy atom. The molecule has 2 aromatic rings. The zero-order chi connectivity index (χ0) is 20.9. The number of sulfonamides is 1. The van der Waals surface area contributed by atoms with Gasteiger partial charge < -0.3 is 5.32 Å². The lowest BCUT2D eigenvalue weighted by molar-refractivity contribution is -0.384. The molecule has 0 aliphatic rings. The van der Waals surface area contributed by atoms with Gasteiger partial charge in [0.1, 0.15) is 0 Å². The van der Waals surface area contributed by atoms with Crippen LogP contribution in [0.25, 0.3) is 0 Å². The number of carbonyl (C=O) groups is 2. The van der Waals surface area contributed by atoms with Crippen molar-refractivity contribution in [2.45, 2.75) is 11.8 Å². The quantitative estimate of drug-likeness (QED) is 0.269. The second kappa shape index (κ2) is 8.37. The van der Waals surface area contributed by atoms with Crippen LogP contribution in [0.1, 0.15) is 6.92 Å². The van der Waals surface area contributed by atoms with E-state index < -0.39 is 32.3 Å². The number of benzene rings is 2. The van der Waals surface area contributed by atoms with Gasteiger partial charge in [0.25, 0.3) is 11.6 Å². The first kappa shape index (κ1) is 20.7. The van der Waals surface area contributed by atoms with E-state index in [-0.39, 0.29) is 16.3 Å². The first-order chi connectivity index (χ1) is 13.1. The van der Waals surface area contributed by atoms with Gasteiger partial charge >= 0.3 is 0 Å². The highest BCUT2D eigenvalue weighted by Gasteiger charge is 2.18. The maximum atomic E-state index is 12.3. The van der Waals surface area contributed by atoms with Crippen molar-refractivity contribution >= 4 is 44.5 Å². The lowest BCUT2D eigenvalue weighted by atomic mass is 10.2. The fourth-order valence-electron chi connectivity index (χ4n) is 2.02. The second-order valence-corrected chi connectivity index (χ2v) is 7.02. The van der Waals surface area contributed by atoms with E-state index in [0.717, 1.165) is 13.0 Å². The average molecular weight is 405 g/mol. The van der Waals surface area contributed by atoms with Crippen LogP contribution >= 0.6 is 0 Å². The molecule has 0 unspecified atom stereocenters. The summed E-state index contributed by atoms with van der Waals surface area (Å²) in [5, 5.41) is 21.9. The average Bonchev–Trinajstić information content (AvgIpc) is 2.61. The van der Waals surface area contributed by atoms with E-state index in [4.69, 9.17) is 5.14 Å². The van der Waals surface area contributed by atoms with Crippen molar-refractivity contribution in [1.82, 2.24) is 0 Å². The van der Waals surface area contributed by atoms with E-state index in [1.165, 1.54) is 42.5 Å². The number of primary sulfonamides is 1. The number of anilines is 2. The molecule has 0 spiro atoms. The summed E-state index contributed by atoms with van der Waals surface area (Å²) in [5.74, 6) is -1.53. The number of ketones is 1. The third-order valence-electron chi connectivity index (χ3n) is 3.34. The van der Waals surface area contributed by atoms with Gasteiger partial charge in [-0.25, -0.2) is 13.6 Å². The number of carbonyl (C=O) groups excluding carboxylic acids is 2. The van der Waals surface area contributed by atoms with E-state index in [2.05, 4.69) is 15.8 Å². The fraction of sp³-hybridized carbons (Fsp3) is 0.0625. The molecule has 4 N–H and O–H groups in total. The Labute approximate surface area is 159 Å². The lowest BCUT2D eigenvalue weighted by Crippen LogP contribution is -2.29. The molecular weight excluding hydrogens is 390 g/mol. The Kier molecular flexibility index (Phi) is 6.18. The van der Waals surface area contributed by atoms with Crippen LogP contribution in [0.15, 0.2) is 58.5 Å². The van der Waals surface area contributed by atoms with E-state index in [1.54, 1.807) is 0 Å². The number of nitrogens with two attached hydrogens (primary N) is 1. The van der Waals surface area contributed by atoms with E-state index in [1.807, 2.05) is 0 Å². The molecule has 0 atom stereocenters. The minimum atomic E-state index is -3.85. The molecule has 2 rings (SSSR count). The minimum absolute atomic E-state index is 0.114. The zero-order valence-corrected chi connectivity index (χ0v) is 15.3. The molecule has 0 radical (unpaired) electrons. The molecule has 12 heteroatoms. The van der Waals surface area contributed by atoms with Crippen LogP contribution in [0, 0.1) is 10.1 Å². The molecule has 0 saturated heterocycles. The summed E-state index contributed by atoms with van der Waals surface area (Å²) < 4.78 is 22.4. The number of rotatable bonds is 7. The molecule has 11 nitrogen and oxygen atoms in total. The van der Waals surface area contributed by atoms with Crippen molar-refractivity contribution in [2.75, 3.05) is 10.7 Å². The molecule has 0 saturated carbocycles. The van der Waals surface area contributed by atoms with Gasteiger partial charge in [0.2, 0.25) is 10.0 Å². The summed E-state index contributed by atoms with van der Waals surface area (Å²) in [5.41, 5.74) is 2.17. The van der Waals surface area contributed by atoms with Gasteiger partial charge in [0, 0.05) is 24.7 Å². The Balaban J connectivity index is 2.18. The number of nitrogens with one attached hydrogen (secondary N) is 2. The van der Waals surface area contributed by atoms with Crippen molar-refractivity contribution < 1.29 is 22.9 Å². The predicted molar refractivity (Wildman–Crippen MR) is 101 cm³/mol. The summed E-state index contributed by atoms with van der Waals surface area (Å²) in [4.78, 5) is 34.0. The largest absolute Gasteiger partial charge is 0.320 e. The molecule has 0 aromatic heterocycles. The number of nitro benzene ring substituents is 1. The van der Waals surface area contributed by atoms with Gasteiger partial charge in [-0.2, -0.15) is 5.10 Å². The van der Waals surface area contributed by atoms with Crippen LogP contribution in [0.5, 0.6) is 0 Å². The summed E-state index contributed by atoms with van der Waals surface area (Å²) in [7, 11) is -3.85. The molecular formula is C16H15N5O6S. The molecule has 146 valence electrons. The molecule has 2 aromatic carbocycles. The van der Waals surface area contributed by atoms with Crippen molar-refractivity contribution in [3.8, 4) is 0 Å². The van der Waals surface area contributed by atoms with Gasteiger partial charge in [-0.15, -0.1) is 0 Å². The van der Waals surface area contributed by atoms with E-state index in [9.17, 15) is 28.1 Å². The number of non-ortho nitro benzene ring substituents is 1. The van der Waals surface area contributed by atoms with Gasteiger partial charge in [-0.05, 0) is 30.3 Å². The number of Topliss-reactive ketones (excluding diaryl/α,β-unsaturated/α-hetero) is 1. The van der Waals surface area contributed by atoms with Crippen molar-refractivity contribution in [3.63, 3.8) is 0 Å². The second-order valence-electron chi connectivity index (χ2n) is 5.46. The summed E-state index contributed by atoms with van der Waals surface area (Å²) in [6.45, 7) is 1.12. The highest BCUT2D eigenvalue weighted by molar-refractivity contribution is 7.89. The zero-order valence-electron chi connectivity index (χ0n) is 14.4. The molecule has 28 heavy (non-hydrogen) atoms. The number of hydrogen-bond acceptors (Lipinski definition) is 8. The Morgan fingerprint density at radius 3 is 2.29 bits per heavy atom. The molecule has 0 fully saturated rings. The predicted octanol–water partition coefficient (Wildman–Crippen LogP) is 1.24. The Hall–Kier alpha value is -3.64. The number of amides is 1. The van der Waals surface area contributed by atoms with Crippen LogP contribution in [0.2, 0.25) is 0 Å². The van der Waals surface area contributed by atoms with Gasteiger partial charge in [0.15, 0.2) is 11.5 Å². The topological polar surface area (TPSA) is 174 Å². The minimum Gasteiger partial charge on any atom is -0.320 e. The van der Waals surface area contributed by atoms with E-state index >= 15 is 0 Å². The molecule has 1 amide bonds. The first-order valence-corrected chi connectivity index (χ1v) is 9.16. The maximum absolute atomic E-state index is 12.3. The highest BCUT2D eigenvalue weighted by Crippen LogP contribution is 2.17. The van der Waals surface area contributed by atoms with Crippen LogP contribution in [-0.2, 0) is 19.6 Å². The summed E-state index contributed by atoms with van der Waals surface area (Å²) in [6, 6.07) is 10.3. The Morgan fingerprint density at radius 2 is 1.75 bits per heavy atom. The molecule has 0 bridgehead atoms.